The molecule has 3 N–H and O–H groups in total. The largest absolute Gasteiger partial charge is 0.395 e. The highest BCUT2D eigenvalue weighted by Gasteiger charge is 2.19. The Balaban J connectivity index is 3.21. The number of nitrogens with two attached hydrogens (primary N) is 1. The second kappa shape index (κ2) is 7.46. The molecular formula is C15H25FN2O. The van der Waals surface area contributed by atoms with Crippen LogP contribution in [0.4, 0.5) is 10.1 Å². The quantitative estimate of drug-likeness (QED) is 0.799. The van der Waals surface area contributed by atoms with Crippen molar-refractivity contribution < 1.29 is 9.50 Å². The van der Waals surface area contributed by atoms with Gasteiger partial charge in [0.15, 0.2) is 0 Å². The molecule has 1 atom stereocenters. The minimum absolute atomic E-state index is 0.0757. The third-order valence-electron chi connectivity index (χ3n) is 3.51. The first-order valence-corrected chi connectivity index (χ1v) is 6.97. The van der Waals surface area contributed by atoms with Crippen molar-refractivity contribution in [2.75, 3.05) is 18.1 Å². The van der Waals surface area contributed by atoms with Gasteiger partial charge in [-0.05, 0) is 43.5 Å². The van der Waals surface area contributed by atoms with E-state index in [0.717, 1.165) is 24.1 Å². The van der Waals surface area contributed by atoms with Gasteiger partial charge in [0.25, 0.3) is 0 Å². The molecule has 4 heteroatoms. The van der Waals surface area contributed by atoms with E-state index in [1.54, 1.807) is 6.07 Å². The van der Waals surface area contributed by atoms with Gasteiger partial charge in [0.2, 0.25) is 0 Å². The van der Waals surface area contributed by atoms with Gasteiger partial charge >= 0.3 is 0 Å². The van der Waals surface area contributed by atoms with Crippen LogP contribution in [0, 0.1) is 5.82 Å². The van der Waals surface area contributed by atoms with Gasteiger partial charge in [-0.1, -0.05) is 13.8 Å². The molecule has 1 rings (SSSR count). The number of nitrogens with zero attached hydrogens (tertiary/aromatic N) is 1. The van der Waals surface area contributed by atoms with Gasteiger partial charge in [0.1, 0.15) is 5.82 Å². The number of benzene rings is 1. The maximum atomic E-state index is 13.4. The molecule has 0 amide bonds. The fourth-order valence-electron chi connectivity index (χ4n) is 2.49. The zero-order chi connectivity index (χ0) is 14.4. The highest BCUT2D eigenvalue weighted by molar-refractivity contribution is 5.56. The van der Waals surface area contributed by atoms with E-state index in [2.05, 4.69) is 18.7 Å². The highest BCUT2D eigenvalue weighted by Crippen LogP contribution is 2.29. The van der Waals surface area contributed by atoms with E-state index < -0.39 is 0 Å². The van der Waals surface area contributed by atoms with E-state index in [4.69, 9.17) is 5.73 Å². The van der Waals surface area contributed by atoms with Crippen LogP contribution in [0.1, 0.15) is 45.2 Å². The van der Waals surface area contributed by atoms with Crippen LogP contribution in [0.5, 0.6) is 0 Å². The van der Waals surface area contributed by atoms with Gasteiger partial charge in [-0.2, -0.15) is 0 Å². The number of halogens is 1. The van der Waals surface area contributed by atoms with E-state index in [1.807, 2.05) is 6.92 Å². The molecule has 0 fully saturated rings. The third-order valence-corrected chi connectivity index (χ3v) is 3.51. The number of anilines is 1. The molecule has 108 valence electrons. The van der Waals surface area contributed by atoms with Crippen LogP contribution in [0.2, 0.25) is 0 Å². The maximum Gasteiger partial charge on any atom is 0.123 e. The zero-order valence-electron chi connectivity index (χ0n) is 12.1. The van der Waals surface area contributed by atoms with Crippen LogP contribution in [-0.2, 0) is 0 Å². The van der Waals surface area contributed by atoms with Crippen LogP contribution in [-0.4, -0.2) is 24.3 Å². The summed E-state index contributed by atoms with van der Waals surface area (Å²) in [5, 5.41) is 9.28. The van der Waals surface area contributed by atoms with E-state index in [9.17, 15) is 9.50 Å². The first kappa shape index (κ1) is 15.9. The van der Waals surface area contributed by atoms with Crippen LogP contribution in [0.15, 0.2) is 18.2 Å². The summed E-state index contributed by atoms with van der Waals surface area (Å²) in [5.41, 5.74) is 7.67. The summed E-state index contributed by atoms with van der Waals surface area (Å²) in [6.45, 7) is 6.70. The Labute approximate surface area is 115 Å². The molecule has 19 heavy (non-hydrogen) atoms. The molecule has 0 spiro atoms. The van der Waals surface area contributed by atoms with Crippen LogP contribution in [0.3, 0.4) is 0 Å². The third kappa shape index (κ3) is 3.91. The number of hydrogen-bond donors (Lipinski definition) is 2. The molecule has 0 aromatic heterocycles. The molecule has 0 bridgehead atoms. The van der Waals surface area contributed by atoms with Crippen molar-refractivity contribution in [1.29, 1.82) is 0 Å². The molecule has 0 saturated heterocycles. The fraction of sp³-hybridized carbons (Fsp3) is 0.600. The SMILES string of the molecule is CCC(CC)N(CCO)c1ccc(F)cc1[C@H](C)N. The molecule has 1 aromatic carbocycles. The lowest BCUT2D eigenvalue weighted by Gasteiger charge is -2.34. The van der Waals surface area contributed by atoms with Crippen LogP contribution in [0.25, 0.3) is 0 Å². The van der Waals surface area contributed by atoms with Gasteiger partial charge in [0.05, 0.1) is 6.61 Å². The first-order valence-electron chi connectivity index (χ1n) is 6.97. The van der Waals surface area contributed by atoms with E-state index in [-0.39, 0.29) is 18.5 Å². The Morgan fingerprint density at radius 3 is 2.42 bits per heavy atom. The molecule has 0 heterocycles. The topological polar surface area (TPSA) is 49.5 Å². The monoisotopic (exact) mass is 268 g/mol. The van der Waals surface area contributed by atoms with Gasteiger partial charge in [-0.3, -0.25) is 0 Å². The number of aliphatic hydroxyl groups is 1. The molecule has 0 aliphatic rings. The normalized spacial score (nSPS) is 12.8. The van der Waals surface area contributed by atoms with Crippen molar-refractivity contribution in [3.63, 3.8) is 0 Å². The molecule has 1 aromatic rings. The standard InChI is InChI=1S/C15H25FN2O/c1-4-13(5-2)18(8-9-19)15-7-6-12(16)10-14(15)11(3)17/h6-7,10-11,13,19H,4-5,8-9,17H2,1-3H3/t11-/m0/s1. The maximum absolute atomic E-state index is 13.4. The minimum Gasteiger partial charge on any atom is -0.395 e. The molecule has 3 nitrogen and oxygen atoms in total. The summed E-state index contributed by atoms with van der Waals surface area (Å²) in [7, 11) is 0. The molecule has 0 saturated carbocycles. The van der Waals surface area contributed by atoms with E-state index in [0.29, 0.717) is 12.6 Å². The molecule has 0 aliphatic carbocycles. The Bertz CT molecular complexity index is 392. The van der Waals surface area contributed by atoms with E-state index in [1.165, 1.54) is 12.1 Å². The highest BCUT2D eigenvalue weighted by atomic mass is 19.1. The van der Waals surface area contributed by atoms with Gasteiger partial charge < -0.3 is 15.7 Å². The molecular weight excluding hydrogens is 243 g/mol. The van der Waals surface area contributed by atoms with Crippen LogP contribution < -0.4 is 10.6 Å². The molecule has 0 radical (unpaired) electrons. The van der Waals surface area contributed by atoms with Crippen molar-refractivity contribution in [3.05, 3.63) is 29.6 Å². The zero-order valence-corrected chi connectivity index (χ0v) is 12.1. The molecule has 0 aliphatic heterocycles. The lowest BCUT2D eigenvalue weighted by Crippen LogP contribution is -2.37. The first-order chi connectivity index (χ1) is 9.04. The summed E-state index contributed by atoms with van der Waals surface area (Å²) in [4.78, 5) is 2.14. The van der Waals surface area contributed by atoms with Crippen molar-refractivity contribution in [2.24, 2.45) is 5.73 Å². The van der Waals surface area contributed by atoms with Crippen molar-refractivity contribution in [3.8, 4) is 0 Å². The van der Waals surface area contributed by atoms with Gasteiger partial charge in [-0.25, -0.2) is 4.39 Å². The van der Waals surface area contributed by atoms with Gasteiger partial charge in [0, 0.05) is 24.3 Å². The Morgan fingerprint density at radius 1 is 1.32 bits per heavy atom. The Hall–Kier alpha value is -1.13. The smallest absolute Gasteiger partial charge is 0.123 e. The van der Waals surface area contributed by atoms with Crippen LogP contribution >= 0.6 is 0 Å². The molecule has 0 unspecified atom stereocenters. The van der Waals surface area contributed by atoms with Crippen molar-refractivity contribution in [2.45, 2.75) is 45.7 Å². The summed E-state index contributed by atoms with van der Waals surface area (Å²) >= 11 is 0. The second-order valence-electron chi connectivity index (χ2n) is 4.88. The summed E-state index contributed by atoms with van der Waals surface area (Å²) in [6.07, 6.45) is 1.96. The summed E-state index contributed by atoms with van der Waals surface area (Å²) in [5.74, 6) is -0.274. The number of rotatable bonds is 7. The lowest BCUT2D eigenvalue weighted by atomic mass is 10.0. The lowest BCUT2D eigenvalue weighted by molar-refractivity contribution is 0.295. The Kier molecular flexibility index (Phi) is 6.25. The second-order valence-corrected chi connectivity index (χ2v) is 4.88. The summed E-state index contributed by atoms with van der Waals surface area (Å²) < 4.78 is 13.4. The van der Waals surface area contributed by atoms with Crippen molar-refractivity contribution >= 4 is 5.69 Å². The summed E-state index contributed by atoms with van der Waals surface area (Å²) in [6, 6.07) is 4.80. The minimum atomic E-state index is -0.274. The fourth-order valence-corrected chi connectivity index (χ4v) is 2.49. The number of aliphatic hydroxyl groups excluding tert-OH is 1. The van der Waals surface area contributed by atoms with E-state index >= 15 is 0 Å². The predicted octanol–water partition coefficient (Wildman–Crippen LogP) is 2.83. The predicted molar refractivity (Wildman–Crippen MR) is 77.8 cm³/mol. The average molecular weight is 268 g/mol. The Morgan fingerprint density at radius 2 is 1.95 bits per heavy atom. The average Bonchev–Trinajstić information content (AvgIpc) is 2.39. The van der Waals surface area contributed by atoms with Gasteiger partial charge in [-0.15, -0.1) is 0 Å². The number of hydrogen-bond acceptors (Lipinski definition) is 3. The van der Waals surface area contributed by atoms with Crippen molar-refractivity contribution in [1.82, 2.24) is 0 Å².